The van der Waals surface area contributed by atoms with Crippen LogP contribution in [0.15, 0.2) is 12.1 Å². The van der Waals surface area contributed by atoms with Gasteiger partial charge < -0.3 is 5.32 Å². The molecule has 0 radical (unpaired) electrons. The van der Waals surface area contributed by atoms with E-state index in [1.54, 1.807) is 0 Å². The topological polar surface area (TPSA) is 72.2 Å². The van der Waals surface area contributed by atoms with E-state index in [9.17, 15) is 14.9 Å². The van der Waals surface area contributed by atoms with Crippen molar-refractivity contribution in [3.8, 4) is 0 Å². The summed E-state index contributed by atoms with van der Waals surface area (Å²) in [6.45, 7) is 4.50. The van der Waals surface area contributed by atoms with Crippen LogP contribution in [0.1, 0.15) is 36.4 Å². The third kappa shape index (κ3) is 4.47. The van der Waals surface area contributed by atoms with Crippen molar-refractivity contribution in [1.29, 1.82) is 0 Å². The molecule has 0 aromatic carbocycles. The molecule has 1 rings (SSSR count). The summed E-state index contributed by atoms with van der Waals surface area (Å²) in [5.74, 6) is 0.0503. The van der Waals surface area contributed by atoms with E-state index >= 15 is 0 Å². The second kappa shape index (κ2) is 7.45. The number of hydrogen-bond acceptors (Lipinski definition) is 4. The molecule has 19 heavy (non-hydrogen) atoms. The monoisotopic (exact) mass is 304 g/mol. The van der Waals surface area contributed by atoms with Crippen LogP contribution in [0.5, 0.6) is 0 Å². The van der Waals surface area contributed by atoms with Crippen LogP contribution >= 0.6 is 22.9 Å². The molecule has 0 fully saturated rings. The lowest BCUT2D eigenvalue weighted by atomic mass is 9.99. The molecule has 5 nitrogen and oxygen atoms in total. The average molecular weight is 305 g/mol. The molecule has 0 saturated carbocycles. The van der Waals surface area contributed by atoms with E-state index in [1.807, 2.05) is 0 Å². The van der Waals surface area contributed by atoms with Gasteiger partial charge in [0.05, 0.1) is 15.2 Å². The lowest BCUT2D eigenvalue weighted by Crippen LogP contribution is -2.32. The minimum absolute atomic E-state index is 0.0347. The predicted molar refractivity (Wildman–Crippen MR) is 77.0 cm³/mol. The Morgan fingerprint density at radius 1 is 1.47 bits per heavy atom. The number of nitro groups is 1. The summed E-state index contributed by atoms with van der Waals surface area (Å²) in [5.41, 5.74) is 0. The molecule has 1 N–H and O–H groups in total. The van der Waals surface area contributed by atoms with E-state index in [0.29, 0.717) is 17.3 Å². The van der Waals surface area contributed by atoms with Crippen LogP contribution in [0.4, 0.5) is 5.00 Å². The van der Waals surface area contributed by atoms with Gasteiger partial charge in [-0.05, 0) is 12.0 Å². The van der Waals surface area contributed by atoms with Crippen molar-refractivity contribution < 1.29 is 9.72 Å². The van der Waals surface area contributed by atoms with Gasteiger partial charge in [-0.3, -0.25) is 14.9 Å². The Kier molecular flexibility index (Phi) is 6.24. The number of nitrogens with zero attached hydrogens (tertiary/aromatic N) is 1. The van der Waals surface area contributed by atoms with Gasteiger partial charge in [0.15, 0.2) is 0 Å². The Morgan fingerprint density at radius 2 is 2.11 bits per heavy atom. The number of hydrogen-bond donors (Lipinski definition) is 1. The third-order valence-electron chi connectivity index (χ3n) is 3.01. The van der Waals surface area contributed by atoms with Gasteiger partial charge in [-0.2, -0.15) is 0 Å². The van der Waals surface area contributed by atoms with Gasteiger partial charge >= 0.3 is 5.00 Å². The number of rotatable bonds is 7. The van der Waals surface area contributed by atoms with Crippen LogP contribution in [-0.4, -0.2) is 22.8 Å². The van der Waals surface area contributed by atoms with Crippen molar-refractivity contribution >= 4 is 33.8 Å². The molecule has 0 aliphatic carbocycles. The van der Waals surface area contributed by atoms with Crippen molar-refractivity contribution in [2.75, 3.05) is 6.54 Å². The molecular formula is C12H17ClN2O3S. The quantitative estimate of drug-likeness (QED) is 0.476. The number of alkyl halides is 1. The van der Waals surface area contributed by atoms with Crippen LogP contribution in [0.25, 0.3) is 0 Å². The summed E-state index contributed by atoms with van der Waals surface area (Å²) in [6, 6.07) is 2.79. The minimum Gasteiger partial charge on any atom is -0.350 e. The first-order valence-corrected chi connectivity index (χ1v) is 7.41. The van der Waals surface area contributed by atoms with Gasteiger partial charge in [-0.25, -0.2) is 0 Å². The summed E-state index contributed by atoms with van der Waals surface area (Å²) in [4.78, 5) is 22.2. The molecule has 7 heteroatoms. The van der Waals surface area contributed by atoms with Crippen molar-refractivity contribution in [1.82, 2.24) is 5.32 Å². The highest BCUT2D eigenvalue weighted by molar-refractivity contribution is 7.17. The number of nitrogens with one attached hydrogen (secondary N) is 1. The van der Waals surface area contributed by atoms with E-state index in [0.717, 1.165) is 24.2 Å². The van der Waals surface area contributed by atoms with Crippen molar-refractivity contribution in [3.63, 3.8) is 0 Å². The van der Waals surface area contributed by atoms with Crippen LogP contribution in [0.3, 0.4) is 0 Å². The number of halogens is 1. The summed E-state index contributed by atoms with van der Waals surface area (Å²) < 4.78 is 0. The maximum Gasteiger partial charge on any atom is 0.324 e. The van der Waals surface area contributed by atoms with Crippen LogP contribution < -0.4 is 5.32 Å². The van der Waals surface area contributed by atoms with Crippen LogP contribution in [0, 0.1) is 16.0 Å². The minimum atomic E-state index is -0.504. The molecule has 1 atom stereocenters. The van der Waals surface area contributed by atoms with E-state index < -0.39 is 4.92 Å². The van der Waals surface area contributed by atoms with Gasteiger partial charge in [0.1, 0.15) is 0 Å². The van der Waals surface area contributed by atoms with Crippen LogP contribution in [0.2, 0.25) is 0 Å². The van der Waals surface area contributed by atoms with E-state index in [-0.39, 0.29) is 16.3 Å². The number of thiophene rings is 1. The Morgan fingerprint density at radius 3 is 2.58 bits per heavy atom. The van der Waals surface area contributed by atoms with Gasteiger partial charge in [-0.15, -0.1) is 11.6 Å². The summed E-state index contributed by atoms with van der Waals surface area (Å²) in [7, 11) is 0. The zero-order chi connectivity index (χ0) is 14.4. The maximum atomic E-state index is 11.8. The molecule has 1 unspecified atom stereocenters. The Balaban J connectivity index is 2.53. The van der Waals surface area contributed by atoms with Crippen molar-refractivity contribution in [3.05, 3.63) is 27.1 Å². The molecule has 106 valence electrons. The second-order valence-corrected chi connectivity index (χ2v) is 5.82. The highest BCUT2D eigenvalue weighted by Gasteiger charge is 2.19. The Bertz CT molecular complexity index is 446. The first-order chi connectivity index (χ1) is 8.99. The smallest absolute Gasteiger partial charge is 0.324 e. The summed E-state index contributed by atoms with van der Waals surface area (Å²) in [5, 5.41) is 13.1. The largest absolute Gasteiger partial charge is 0.350 e. The van der Waals surface area contributed by atoms with Gasteiger partial charge in [0, 0.05) is 12.6 Å². The lowest BCUT2D eigenvalue weighted by Gasteiger charge is -2.19. The highest BCUT2D eigenvalue weighted by Crippen LogP contribution is 2.24. The SMILES string of the molecule is CCC(CC)C(Cl)CNC(=O)c1ccc([N+](=O)[O-])s1. The summed E-state index contributed by atoms with van der Waals surface area (Å²) >= 11 is 7.08. The van der Waals surface area contributed by atoms with Gasteiger partial charge in [0.25, 0.3) is 5.91 Å². The zero-order valence-corrected chi connectivity index (χ0v) is 12.5. The van der Waals surface area contributed by atoms with Crippen molar-refractivity contribution in [2.45, 2.75) is 32.1 Å². The Hall–Kier alpha value is -1.14. The fourth-order valence-electron chi connectivity index (χ4n) is 1.79. The van der Waals surface area contributed by atoms with Crippen molar-refractivity contribution in [2.24, 2.45) is 5.92 Å². The first-order valence-electron chi connectivity index (χ1n) is 6.16. The maximum absolute atomic E-state index is 11.8. The third-order valence-corrected chi connectivity index (χ3v) is 4.56. The molecule has 1 aromatic rings. The van der Waals surface area contributed by atoms with E-state index in [4.69, 9.17) is 11.6 Å². The zero-order valence-electron chi connectivity index (χ0n) is 10.9. The molecule has 0 aliphatic heterocycles. The molecular weight excluding hydrogens is 288 g/mol. The number of carbonyl (C=O) groups excluding carboxylic acids is 1. The summed E-state index contributed by atoms with van der Waals surface area (Å²) in [6.07, 6.45) is 1.93. The molecule has 0 aliphatic rings. The standard InChI is InChI=1S/C12H17ClN2O3S/c1-3-8(4-2)9(13)7-14-12(16)10-5-6-11(19-10)15(17)18/h5-6,8-9H,3-4,7H2,1-2H3,(H,14,16). The molecule has 0 spiro atoms. The van der Waals surface area contributed by atoms with Gasteiger partial charge in [0.2, 0.25) is 0 Å². The van der Waals surface area contributed by atoms with Gasteiger partial charge in [-0.1, -0.05) is 38.0 Å². The molecule has 1 amide bonds. The fraction of sp³-hybridized carbons (Fsp3) is 0.583. The number of carbonyl (C=O) groups is 1. The number of amides is 1. The molecule has 0 saturated heterocycles. The van der Waals surface area contributed by atoms with Crippen LogP contribution in [-0.2, 0) is 0 Å². The molecule has 0 bridgehead atoms. The molecule has 1 aromatic heterocycles. The average Bonchev–Trinajstić information content (AvgIpc) is 2.87. The van der Waals surface area contributed by atoms with E-state index in [1.165, 1.54) is 12.1 Å². The first kappa shape index (κ1) is 15.9. The van der Waals surface area contributed by atoms with E-state index in [2.05, 4.69) is 19.2 Å². The highest BCUT2D eigenvalue weighted by atomic mass is 35.5. The Labute approximate surface area is 121 Å². The normalized spacial score (nSPS) is 12.4. The second-order valence-electron chi connectivity index (χ2n) is 4.20. The molecule has 1 heterocycles. The lowest BCUT2D eigenvalue weighted by molar-refractivity contribution is -0.380. The fourth-order valence-corrected chi connectivity index (χ4v) is 2.96. The predicted octanol–water partition coefficient (Wildman–Crippen LogP) is 3.43.